The Bertz CT molecular complexity index is 735. The molecule has 2 aromatic rings. The first kappa shape index (κ1) is 15.4. The predicted molar refractivity (Wildman–Crippen MR) is 68.3 cm³/mol. The van der Waals surface area contributed by atoms with Crippen molar-refractivity contribution in [1.29, 1.82) is 0 Å². The molecule has 0 aliphatic rings. The zero-order valence-corrected chi connectivity index (χ0v) is 11.6. The van der Waals surface area contributed by atoms with Gasteiger partial charge in [0, 0.05) is 6.07 Å². The van der Waals surface area contributed by atoms with Gasteiger partial charge in [0.2, 0.25) is 0 Å². The van der Waals surface area contributed by atoms with Gasteiger partial charge in [-0.3, -0.25) is 4.79 Å². The third kappa shape index (κ3) is 3.05. The normalized spacial score (nSPS) is 10.6. The minimum absolute atomic E-state index is 0.169. The summed E-state index contributed by atoms with van der Waals surface area (Å²) in [6, 6.07) is 2.66. The van der Waals surface area contributed by atoms with Crippen LogP contribution in [-0.4, -0.2) is 5.91 Å². The molecule has 0 aromatic heterocycles. The van der Waals surface area contributed by atoms with Crippen molar-refractivity contribution in [3.63, 3.8) is 0 Å². The van der Waals surface area contributed by atoms with Crippen molar-refractivity contribution in [2.75, 3.05) is 5.32 Å². The highest BCUT2D eigenvalue weighted by atomic mass is 79.9. The Labute approximate surface area is 123 Å². The highest BCUT2D eigenvalue weighted by Crippen LogP contribution is 2.24. The van der Waals surface area contributed by atoms with E-state index in [1.165, 1.54) is 0 Å². The summed E-state index contributed by atoms with van der Waals surface area (Å²) in [5, 5.41) is 1.88. The van der Waals surface area contributed by atoms with E-state index in [0.29, 0.717) is 18.2 Å². The second kappa shape index (κ2) is 5.80. The third-order valence-corrected chi connectivity index (χ3v) is 3.15. The van der Waals surface area contributed by atoms with Crippen LogP contribution < -0.4 is 5.32 Å². The number of halogens is 6. The smallest absolute Gasteiger partial charge is 0.258 e. The van der Waals surface area contributed by atoms with Gasteiger partial charge in [-0.05, 0) is 34.1 Å². The summed E-state index contributed by atoms with van der Waals surface area (Å²) in [7, 11) is 0. The fourth-order valence-electron chi connectivity index (χ4n) is 1.51. The van der Waals surface area contributed by atoms with Crippen molar-refractivity contribution in [1.82, 2.24) is 0 Å². The van der Waals surface area contributed by atoms with Gasteiger partial charge >= 0.3 is 0 Å². The lowest BCUT2D eigenvalue weighted by atomic mass is 10.1. The first-order chi connectivity index (χ1) is 9.81. The highest BCUT2D eigenvalue weighted by molar-refractivity contribution is 9.10. The molecule has 0 aliphatic heterocycles. The van der Waals surface area contributed by atoms with Crippen LogP contribution in [-0.2, 0) is 0 Å². The van der Waals surface area contributed by atoms with Crippen LogP contribution in [0.4, 0.5) is 27.6 Å². The third-order valence-electron chi connectivity index (χ3n) is 2.54. The first-order valence-electron chi connectivity index (χ1n) is 5.40. The van der Waals surface area contributed by atoms with Gasteiger partial charge in [0.15, 0.2) is 17.5 Å². The van der Waals surface area contributed by atoms with Crippen molar-refractivity contribution in [2.45, 2.75) is 0 Å². The van der Waals surface area contributed by atoms with Gasteiger partial charge in [-0.25, -0.2) is 22.0 Å². The molecule has 2 rings (SSSR count). The Hall–Kier alpha value is -1.96. The van der Waals surface area contributed by atoms with E-state index in [2.05, 4.69) is 15.9 Å². The summed E-state index contributed by atoms with van der Waals surface area (Å²) in [6.07, 6.45) is 0. The standard InChI is InChI=1S/C13H5BrF5NO/c14-6-3-9(17)10(4-8(6)16)20-13(21)5-1-2-7(15)12(19)11(5)18/h1-4H,(H,20,21). The molecule has 110 valence electrons. The molecule has 0 heterocycles. The van der Waals surface area contributed by atoms with E-state index < -0.39 is 46.2 Å². The Morgan fingerprint density at radius 1 is 0.905 bits per heavy atom. The van der Waals surface area contributed by atoms with Crippen LogP contribution in [0.1, 0.15) is 10.4 Å². The van der Waals surface area contributed by atoms with E-state index in [1.807, 2.05) is 5.32 Å². The molecular formula is C13H5BrF5NO. The van der Waals surface area contributed by atoms with Crippen molar-refractivity contribution >= 4 is 27.5 Å². The molecule has 0 saturated heterocycles. The quantitative estimate of drug-likeness (QED) is 0.477. The minimum atomic E-state index is -1.83. The molecule has 0 bridgehead atoms. The lowest BCUT2D eigenvalue weighted by Gasteiger charge is -2.08. The second-order valence-electron chi connectivity index (χ2n) is 3.92. The van der Waals surface area contributed by atoms with Gasteiger partial charge in [0.25, 0.3) is 5.91 Å². The molecule has 2 aromatic carbocycles. The van der Waals surface area contributed by atoms with Crippen LogP contribution >= 0.6 is 15.9 Å². The van der Waals surface area contributed by atoms with Crippen LogP contribution in [0.2, 0.25) is 0 Å². The van der Waals surface area contributed by atoms with Gasteiger partial charge in [-0.2, -0.15) is 0 Å². The first-order valence-corrected chi connectivity index (χ1v) is 6.20. The van der Waals surface area contributed by atoms with Gasteiger partial charge in [-0.1, -0.05) is 0 Å². The minimum Gasteiger partial charge on any atom is -0.319 e. The number of hydrogen-bond acceptors (Lipinski definition) is 1. The summed E-state index contributed by atoms with van der Waals surface area (Å²) in [5.41, 5.74) is -1.40. The fourth-order valence-corrected chi connectivity index (χ4v) is 1.82. The molecule has 2 nitrogen and oxygen atoms in total. The summed E-state index contributed by atoms with van der Waals surface area (Å²) in [5.74, 6) is -8.11. The van der Waals surface area contributed by atoms with Crippen LogP contribution in [0.3, 0.4) is 0 Å². The van der Waals surface area contributed by atoms with E-state index in [4.69, 9.17) is 0 Å². The predicted octanol–water partition coefficient (Wildman–Crippen LogP) is 4.40. The van der Waals surface area contributed by atoms with E-state index in [9.17, 15) is 26.7 Å². The van der Waals surface area contributed by atoms with E-state index >= 15 is 0 Å². The lowest BCUT2D eigenvalue weighted by molar-refractivity contribution is 0.102. The average molecular weight is 366 g/mol. The van der Waals surface area contributed by atoms with Crippen molar-refractivity contribution < 1.29 is 26.7 Å². The molecule has 0 saturated carbocycles. The van der Waals surface area contributed by atoms with Gasteiger partial charge in [-0.15, -0.1) is 0 Å². The number of nitrogens with one attached hydrogen (secondary N) is 1. The summed E-state index contributed by atoms with van der Waals surface area (Å²) in [4.78, 5) is 11.7. The molecule has 0 aliphatic carbocycles. The van der Waals surface area contributed by atoms with Gasteiger partial charge in [0.1, 0.15) is 11.6 Å². The number of anilines is 1. The van der Waals surface area contributed by atoms with Crippen molar-refractivity contribution in [3.05, 3.63) is 63.4 Å². The molecule has 0 fully saturated rings. The lowest BCUT2D eigenvalue weighted by Crippen LogP contribution is -2.16. The van der Waals surface area contributed by atoms with Crippen molar-refractivity contribution in [3.8, 4) is 0 Å². The summed E-state index contributed by atoms with van der Waals surface area (Å²) in [6.45, 7) is 0. The molecule has 0 unspecified atom stereocenters. The van der Waals surface area contributed by atoms with Gasteiger partial charge in [0.05, 0.1) is 15.7 Å². The second-order valence-corrected chi connectivity index (χ2v) is 4.78. The monoisotopic (exact) mass is 365 g/mol. The molecule has 1 amide bonds. The fraction of sp³-hybridized carbons (Fsp3) is 0. The maximum atomic E-state index is 13.5. The number of rotatable bonds is 2. The number of benzene rings is 2. The van der Waals surface area contributed by atoms with Crippen LogP contribution in [0.5, 0.6) is 0 Å². The molecule has 0 spiro atoms. The Kier molecular flexibility index (Phi) is 4.26. The SMILES string of the molecule is O=C(Nc1cc(F)c(Br)cc1F)c1ccc(F)c(F)c1F. The van der Waals surface area contributed by atoms with Crippen LogP contribution in [0.25, 0.3) is 0 Å². The number of hydrogen-bond donors (Lipinski definition) is 1. The number of amides is 1. The Morgan fingerprint density at radius 2 is 1.57 bits per heavy atom. The zero-order valence-electron chi connectivity index (χ0n) is 9.99. The number of carbonyl (C=O) groups excluding carboxylic acids is 1. The largest absolute Gasteiger partial charge is 0.319 e. The summed E-state index contributed by atoms with van der Waals surface area (Å²) >= 11 is 2.74. The summed E-state index contributed by atoms with van der Waals surface area (Å²) < 4.78 is 65.8. The van der Waals surface area contributed by atoms with E-state index in [0.717, 1.165) is 6.07 Å². The van der Waals surface area contributed by atoms with Crippen LogP contribution in [0.15, 0.2) is 28.7 Å². The molecule has 0 atom stereocenters. The molecule has 8 heteroatoms. The average Bonchev–Trinajstić information content (AvgIpc) is 2.42. The van der Waals surface area contributed by atoms with Crippen LogP contribution in [0, 0.1) is 29.1 Å². The Morgan fingerprint density at radius 3 is 2.24 bits per heavy atom. The maximum absolute atomic E-state index is 13.5. The van der Waals surface area contributed by atoms with Crippen molar-refractivity contribution in [2.24, 2.45) is 0 Å². The Balaban J connectivity index is 2.35. The maximum Gasteiger partial charge on any atom is 0.258 e. The highest BCUT2D eigenvalue weighted by Gasteiger charge is 2.20. The molecular weight excluding hydrogens is 361 g/mol. The molecule has 21 heavy (non-hydrogen) atoms. The van der Waals surface area contributed by atoms with Gasteiger partial charge < -0.3 is 5.32 Å². The molecule has 0 radical (unpaired) electrons. The zero-order chi connectivity index (χ0) is 15.7. The van der Waals surface area contributed by atoms with E-state index in [1.54, 1.807) is 0 Å². The van der Waals surface area contributed by atoms with E-state index in [-0.39, 0.29) is 4.47 Å². The number of carbonyl (C=O) groups is 1. The molecule has 1 N–H and O–H groups in total. The topological polar surface area (TPSA) is 29.1 Å².